The van der Waals surface area contributed by atoms with Crippen LogP contribution < -0.4 is 0 Å². The van der Waals surface area contributed by atoms with E-state index in [1.807, 2.05) is 13.8 Å². The van der Waals surface area contributed by atoms with Crippen molar-refractivity contribution < 1.29 is 14.3 Å². The number of carbonyl (C=O) groups excluding carboxylic acids is 2. The standard InChI is InChI=1S/C9H16O3S/c1-6(7(2)13)4-5-9(11)12-8(3)10/h6-7,13H,4-5H2,1-3H3. The third kappa shape index (κ3) is 6.63. The molecule has 0 fully saturated rings. The molecule has 0 saturated heterocycles. The first-order valence-corrected chi connectivity index (χ1v) is 4.84. The van der Waals surface area contributed by atoms with Gasteiger partial charge in [0, 0.05) is 18.6 Å². The van der Waals surface area contributed by atoms with Crippen LogP contribution in [0.4, 0.5) is 0 Å². The van der Waals surface area contributed by atoms with Crippen molar-refractivity contribution in [2.45, 2.75) is 38.9 Å². The lowest BCUT2D eigenvalue weighted by Gasteiger charge is -2.13. The average molecular weight is 204 g/mol. The van der Waals surface area contributed by atoms with Gasteiger partial charge in [-0.25, -0.2) is 0 Å². The number of rotatable bonds is 4. The third-order valence-electron chi connectivity index (χ3n) is 1.88. The second kappa shape index (κ2) is 6.02. The molecule has 0 heterocycles. The smallest absolute Gasteiger partial charge is 0.313 e. The minimum Gasteiger partial charge on any atom is -0.393 e. The first-order chi connectivity index (χ1) is 5.93. The Balaban J connectivity index is 3.64. The van der Waals surface area contributed by atoms with Crippen LogP contribution in [0.2, 0.25) is 0 Å². The zero-order chi connectivity index (χ0) is 10.4. The van der Waals surface area contributed by atoms with Crippen LogP contribution >= 0.6 is 12.6 Å². The molecule has 0 radical (unpaired) electrons. The van der Waals surface area contributed by atoms with Gasteiger partial charge in [-0.3, -0.25) is 9.59 Å². The Morgan fingerprint density at radius 1 is 1.38 bits per heavy atom. The van der Waals surface area contributed by atoms with Gasteiger partial charge in [0.1, 0.15) is 0 Å². The van der Waals surface area contributed by atoms with Gasteiger partial charge in [-0.2, -0.15) is 12.6 Å². The van der Waals surface area contributed by atoms with Gasteiger partial charge in [-0.05, 0) is 12.3 Å². The quantitative estimate of drug-likeness (QED) is 0.431. The van der Waals surface area contributed by atoms with Gasteiger partial charge in [-0.15, -0.1) is 0 Å². The Morgan fingerprint density at radius 2 is 1.92 bits per heavy atom. The summed E-state index contributed by atoms with van der Waals surface area (Å²) in [5.41, 5.74) is 0. The van der Waals surface area contributed by atoms with Crippen molar-refractivity contribution >= 4 is 24.6 Å². The van der Waals surface area contributed by atoms with Crippen LogP contribution in [0.1, 0.15) is 33.6 Å². The number of carbonyl (C=O) groups is 2. The molecule has 4 heteroatoms. The minimum absolute atomic E-state index is 0.255. The molecule has 13 heavy (non-hydrogen) atoms. The van der Waals surface area contributed by atoms with Gasteiger partial charge in [0.15, 0.2) is 0 Å². The maximum atomic E-state index is 10.9. The Kier molecular flexibility index (Phi) is 5.79. The Labute approximate surface area is 84.3 Å². The van der Waals surface area contributed by atoms with Gasteiger partial charge in [0.25, 0.3) is 0 Å². The summed E-state index contributed by atoms with van der Waals surface area (Å²) in [5, 5.41) is 0.255. The Morgan fingerprint density at radius 3 is 2.31 bits per heavy atom. The number of esters is 2. The molecule has 0 aliphatic carbocycles. The van der Waals surface area contributed by atoms with Crippen molar-refractivity contribution in [3.05, 3.63) is 0 Å². The molecule has 0 spiro atoms. The average Bonchev–Trinajstić information content (AvgIpc) is 1.98. The van der Waals surface area contributed by atoms with Crippen molar-refractivity contribution in [3.63, 3.8) is 0 Å². The first-order valence-electron chi connectivity index (χ1n) is 4.32. The van der Waals surface area contributed by atoms with Gasteiger partial charge < -0.3 is 4.74 Å². The molecule has 0 N–H and O–H groups in total. The van der Waals surface area contributed by atoms with E-state index in [9.17, 15) is 9.59 Å². The normalized spacial score (nSPS) is 14.8. The van der Waals surface area contributed by atoms with E-state index < -0.39 is 11.9 Å². The molecule has 3 nitrogen and oxygen atoms in total. The Hall–Kier alpha value is -0.510. The summed E-state index contributed by atoms with van der Waals surface area (Å²) in [4.78, 5) is 21.3. The molecule has 0 aliphatic rings. The van der Waals surface area contributed by atoms with Crippen molar-refractivity contribution in [2.24, 2.45) is 5.92 Å². The summed E-state index contributed by atoms with van der Waals surface area (Å²) in [5.74, 6) is -0.646. The molecule has 0 saturated carbocycles. The van der Waals surface area contributed by atoms with E-state index in [2.05, 4.69) is 17.4 Å². The van der Waals surface area contributed by atoms with Crippen LogP contribution in [0.3, 0.4) is 0 Å². The highest BCUT2D eigenvalue weighted by Gasteiger charge is 2.12. The first kappa shape index (κ1) is 12.5. The van der Waals surface area contributed by atoms with Gasteiger partial charge >= 0.3 is 11.9 Å². The predicted octanol–water partition coefficient (Wildman–Crippen LogP) is 1.81. The second-order valence-corrected chi connectivity index (χ2v) is 4.04. The summed E-state index contributed by atoms with van der Waals surface area (Å²) in [6.07, 6.45) is 0.989. The molecule has 0 aromatic rings. The minimum atomic E-state index is -0.545. The van der Waals surface area contributed by atoms with Gasteiger partial charge in [-0.1, -0.05) is 13.8 Å². The van der Waals surface area contributed by atoms with E-state index >= 15 is 0 Å². The number of thiol groups is 1. The summed E-state index contributed by atoms with van der Waals surface area (Å²) in [7, 11) is 0. The molecular weight excluding hydrogens is 188 g/mol. The molecule has 0 bridgehead atoms. The zero-order valence-corrected chi connectivity index (χ0v) is 9.14. The van der Waals surface area contributed by atoms with Crippen molar-refractivity contribution in [3.8, 4) is 0 Å². The summed E-state index contributed by atoms with van der Waals surface area (Å²) in [6.45, 7) is 5.21. The van der Waals surface area contributed by atoms with Gasteiger partial charge in [0.2, 0.25) is 0 Å². The summed E-state index contributed by atoms with van der Waals surface area (Å²) < 4.78 is 4.38. The van der Waals surface area contributed by atoms with Crippen LogP contribution in [0.15, 0.2) is 0 Å². The SMILES string of the molecule is CC(=O)OC(=O)CCC(C)C(C)S. The molecule has 0 amide bonds. The molecule has 76 valence electrons. The van der Waals surface area contributed by atoms with E-state index in [0.717, 1.165) is 0 Å². The van der Waals surface area contributed by atoms with E-state index in [0.29, 0.717) is 12.3 Å². The van der Waals surface area contributed by atoms with Crippen molar-refractivity contribution in [2.75, 3.05) is 0 Å². The zero-order valence-electron chi connectivity index (χ0n) is 8.24. The molecule has 0 aliphatic heterocycles. The number of hydrogen-bond acceptors (Lipinski definition) is 4. The highest BCUT2D eigenvalue weighted by molar-refractivity contribution is 7.80. The molecule has 2 atom stereocenters. The summed E-state index contributed by atoms with van der Waals surface area (Å²) in [6, 6.07) is 0. The molecule has 0 aromatic carbocycles. The molecule has 0 aromatic heterocycles. The van der Waals surface area contributed by atoms with E-state index in [-0.39, 0.29) is 11.7 Å². The predicted molar refractivity (Wildman–Crippen MR) is 53.6 cm³/mol. The highest BCUT2D eigenvalue weighted by atomic mass is 32.1. The molecule has 0 rings (SSSR count). The topological polar surface area (TPSA) is 43.4 Å². The third-order valence-corrected chi connectivity index (χ3v) is 2.39. The molecule has 2 unspecified atom stereocenters. The second-order valence-electron chi connectivity index (χ2n) is 3.22. The van der Waals surface area contributed by atoms with Gasteiger partial charge in [0.05, 0.1) is 0 Å². The number of hydrogen-bond donors (Lipinski definition) is 1. The fraction of sp³-hybridized carbons (Fsp3) is 0.778. The highest BCUT2D eigenvalue weighted by Crippen LogP contribution is 2.15. The lowest BCUT2D eigenvalue weighted by Crippen LogP contribution is -2.13. The van der Waals surface area contributed by atoms with Crippen molar-refractivity contribution in [1.82, 2.24) is 0 Å². The molecular formula is C9H16O3S. The summed E-state index contributed by atoms with van der Waals surface area (Å²) >= 11 is 4.25. The lowest BCUT2D eigenvalue weighted by molar-refractivity contribution is -0.158. The van der Waals surface area contributed by atoms with Crippen LogP contribution in [0, 0.1) is 5.92 Å². The Bertz CT molecular complexity index is 189. The maximum Gasteiger partial charge on any atom is 0.313 e. The fourth-order valence-corrected chi connectivity index (χ4v) is 0.947. The van der Waals surface area contributed by atoms with Crippen LogP contribution in [0.25, 0.3) is 0 Å². The van der Waals surface area contributed by atoms with Crippen LogP contribution in [-0.4, -0.2) is 17.2 Å². The lowest BCUT2D eigenvalue weighted by atomic mass is 10.0. The van der Waals surface area contributed by atoms with E-state index in [1.165, 1.54) is 6.92 Å². The van der Waals surface area contributed by atoms with E-state index in [1.54, 1.807) is 0 Å². The fourth-order valence-electron chi connectivity index (χ4n) is 0.798. The van der Waals surface area contributed by atoms with E-state index in [4.69, 9.17) is 0 Å². The monoisotopic (exact) mass is 204 g/mol. The van der Waals surface area contributed by atoms with Crippen LogP contribution in [0.5, 0.6) is 0 Å². The number of ether oxygens (including phenoxy) is 1. The van der Waals surface area contributed by atoms with Crippen LogP contribution in [-0.2, 0) is 14.3 Å². The maximum absolute atomic E-state index is 10.9. The largest absolute Gasteiger partial charge is 0.393 e. The van der Waals surface area contributed by atoms with Crippen molar-refractivity contribution in [1.29, 1.82) is 0 Å².